The lowest BCUT2D eigenvalue weighted by Crippen LogP contribution is -2.01. The zero-order valence-corrected chi connectivity index (χ0v) is 11.9. The Morgan fingerprint density at radius 3 is 1.44 bits per heavy atom. The molecule has 0 aliphatic rings. The van der Waals surface area contributed by atoms with Crippen molar-refractivity contribution >= 4 is 7.85 Å². The third kappa shape index (κ3) is 14.1. The molecule has 1 heteroatoms. The van der Waals surface area contributed by atoms with Crippen molar-refractivity contribution in [2.75, 3.05) is 0 Å². The van der Waals surface area contributed by atoms with E-state index in [-0.39, 0.29) is 5.31 Å². The zero-order valence-electron chi connectivity index (χ0n) is 11.9. The van der Waals surface area contributed by atoms with Crippen molar-refractivity contribution in [1.29, 1.82) is 0 Å². The molecule has 0 aromatic heterocycles. The van der Waals surface area contributed by atoms with E-state index in [0.29, 0.717) is 0 Å². The number of unbranched alkanes of at least 4 members (excludes halogenated alkanes) is 9. The Kier molecular flexibility index (Phi) is 10.3. The Morgan fingerprint density at radius 2 is 1.06 bits per heavy atom. The van der Waals surface area contributed by atoms with Crippen LogP contribution in [0.1, 0.15) is 91.4 Å². The molecule has 0 spiro atoms. The Bertz CT molecular complexity index is 135. The van der Waals surface area contributed by atoms with Crippen molar-refractivity contribution in [1.82, 2.24) is 0 Å². The quantitative estimate of drug-likeness (QED) is 0.312. The summed E-state index contributed by atoms with van der Waals surface area (Å²) in [6, 6.07) is 0. The first-order valence-corrected chi connectivity index (χ1v) is 7.35. The number of hydrogen-bond acceptors (Lipinski definition) is 0. The summed E-state index contributed by atoms with van der Waals surface area (Å²) >= 11 is 0. The second-order valence-electron chi connectivity index (χ2n) is 5.92. The van der Waals surface area contributed by atoms with Gasteiger partial charge < -0.3 is 0 Å². The summed E-state index contributed by atoms with van der Waals surface area (Å²) in [6.45, 7) is 6.53. The van der Waals surface area contributed by atoms with Crippen molar-refractivity contribution in [3.05, 3.63) is 0 Å². The molecule has 2 radical (unpaired) electrons. The van der Waals surface area contributed by atoms with Crippen LogP contribution in [-0.2, 0) is 0 Å². The van der Waals surface area contributed by atoms with E-state index < -0.39 is 0 Å². The Hall–Kier alpha value is 0.0649. The summed E-state index contributed by atoms with van der Waals surface area (Å²) in [7, 11) is 5.94. The molecule has 0 aromatic carbocycles. The molecule has 0 atom stereocenters. The van der Waals surface area contributed by atoms with Crippen LogP contribution in [-0.4, -0.2) is 7.85 Å². The standard InChI is InChI=1S/C15H31B/c1-4-5-6-7-8-9-10-11-12-13-14-15(2,3)16/h4-14H2,1-3H3. The normalized spacial score (nSPS) is 11.9. The largest absolute Gasteiger partial charge is 0.0738 e. The van der Waals surface area contributed by atoms with E-state index in [1.54, 1.807) is 0 Å². The van der Waals surface area contributed by atoms with Gasteiger partial charge in [0.1, 0.15) is 0 Å². The Labute approximate surface area is 105 Å². The van der Waals surface area contributed by atoms with E-state index in [0.717, 1.165) is 0 Å². The van der Waals surface area contributed by atoms with Gasteiger partial charge in [0, 0.05) is 0 Å². The lowest BCUT2D eigenvalue weighted by Gasteiger charge is -2.17. The highest BCUT2D eigenvalue weighted by molar-refractivity contribution is 6.14. The highest BCUT2D eigenvalue weighted by atomic mass is 14.1. The van der Waals surface area contributed by atoms with Crippen LogP contribution in [0.3, 0.4) is 0 Å². The first-order valence-electron chi connectivity index (χ1n) is 7.35. The molecule has 16 heavy (non-hydrogen) atoms. The summed E-state index contributed by atoms with van der Waals surface area (Å²) in [4.78, 5) is 0. The zero-order chi connectivity index (χ0) is 12.3. The topological polar surface area (TPSA) is 0 Å². The smallest absolute Gasteiger partial charge is 0.0716 e. The van der Waals surface area contributed by atoms with E-state index in [4.69, 9.17) is 7.85 Å². The highest BCUT2D eigenvalue weighted by Crippen LogP contribution is 2.26. The van der Waals surface area contributed by atoms with E-state index in [1.165, 1.54) is 70.6 Å². The Balaban J connectivity index is 2.99. The summed E-state index contributed by atoms with van der Waals surface area (Å²) in [5, 5.41) is 0.0418. The van der Waals surface area contributed by atoms with Crippen molar-refractivity contribution in [3.8, 4) is 0 Å². The fourth-order valence-corrected chi connectivity index (χ4v) is 2.07. The van der Waals surface area contributed by atoms with Crippen molar-refractivity contribution in [2.45, 2.75) is 96.7 Å². The molecule has 94 valence electrons. The van der Waals surface area contributed by atoms with Gasteiger partial charge in [0.15, 0.2) is 0 Å². The third-order valence-electron chi connectivity index (χ3n) is 3.17. The number of hydrogen-bond donors (Lipinski definition) is 0. The molecule has 0 rings (SSSR count). The maximum absolute atomic E-state index is 5.94. The molecule has 0 aliphatic carbocycles. The van der Waals surface area contributed by atoms with Crippen molar-refractivity contribution in [2.24, 2.45) is 0 Å². The molecule has 0 heterocycles. The predicted octanol–water partition coefficient (Wildman–Crippen LogP) is 5.66. The first-order chi connectivity index (χ1) is 7.56. The fraction of sp³-hybridized carbons (Fsp3) is 1.00. The van der Waals surface area contributed by atoms with Gasteiger partial charge in [-0.3, -0.25) is 0 Å². The van der Waals surface area contributed by atoms with Gasteiger partial charge in [-0.05, 0) is 0 Å². The number of rotatable bonds is 11. The monoisotopic (exact) mass is 222 g/mol. The summed E-state index contributed by atoms with van der Waals surface area (Å²) in [6.07, 6.45) is 15.2. The van der Waals surface area contributed by atoms with E-state index in [1.807, 2.05) is 0 Å². The summed E-state index contributed by atoms with van der Waals surface area (Å²) in [5.74, 6) is 0. The van der Waals surface area contributed by atoms with Gasteiger partial charge in [0.05, 0.1) is 7.85 Å². The van der Waals surface area contributed by atoms with Crippen LogP contribution in [0, 0.1) is 0 Å². The average Bonchev–Trinajstić information content (AvgIpc) is 2.19. The summed E-state index contributed by atoms with van der Waals surface area (Å²) in [5.41, 5.74) is 0. The third-order valence-corrected chi connectivity index (χ3v) is 3.17. The van der Waals surface area contributed by atoms with Gasteiger partial charge in [0.25, 0.3) is 0 Å². The maximum atomic E-state index is 5.94. The van der Waals surface area contributed by atoms with Gasteiger partial charge in [-0.1, -0.05) is 96.7 Å². The van der Waals surface area contributed by atoms with Gasteiger partial charge >= 0.3 is 0 Å². The molecule has 0 saturated carbocycles. The molecule has 0 unspecified atom stereocenters. The minimum atomic E-state index is 0.0418. The van der Waals surface area contributed by atoms with E-state index in [2.05, 4.69) is 20.8 Å². The molecule has 0 nitrogen and oxygen atoms in total. The van der Waals surface area contributed by atoms with Gasteiger partial charge in [-0.2, -0.15) is 0 Å². The van der Waals surface area contributed by atoms with Crippen molar-refractivity contribution < 1.29 is 0 Å². The SMILES string of the molecule is [B]C(C)(C)CCCCCCCCCCCC. The first kappa shape index (κ1) is 16.1. The summed E-state index contributed by atoms with van der Waals surface area (Å²) < 4.78 is 0. The van der Waals surface area contributed by atoms with E-state index >= 15 is 0 Å². The van der Waals surface area contributed by atoms with Crippen LogP contribution >= 0.6 is 0 Å². The molecular formula is C15H31B. The molecule has 0 aliphatic heterocycles. The minimum Gasteiger partial charge on any atom is -0.0716 e. The van der Waals surface area contributed by atoms with Crippen LogP contribution in [0.5, 0.6) is 0 Å². The van der Waals surface area contributed by atoms with Gasteiger partial charge in [0.2, 0.25) is 0 Å². The van der Waals surface area contributed by atoms with Gasteiger partial charge in [-0.15, -0.1) is 0 Å². The molecule has 0 amide bonds. The van der Waals surface area contributed by atoms with Crippen LogP contribution in [0.4, 0.5) is 0 Å². The van der Waals surface area contributed by atoms with Crippen LogP contribution in [0.25, 0.3) is 0 Å². The second-order valence-corrected chi connectivity index (χ2v) is 5.92. The lowest BCUT2D eigenvalue weighted by molar-refractivity contribution is 0.517. The molecule has 0 N–H and O–H groups in total. The van der Waals surface area contributed by atoms with Crippen LogP contribution < -0.4 is 0 Å². The molecule has 0 saturated heterocycles. The molecule has 0 bridgehead atoms. The predicted molar refractivity (Wildman–Crippen MR) is 76.3 cm³/mol. The molecule has 0 aromatic rings. The molecular weight excluding hydrogens is 191 g/mol. The van der Waals surface area contributed by atoms with E-state index in [9.17, 15) is 0 Å². The second kappa shape index (κ2) is 10.2. The average molecular weight is 222 g/mol. The molecule has 0 fully saturated rings. The fourth-order valence-electron chi connectivity index (χ4n) is 2.07. The maximum Gasteiger partial charge on any atom is 0.0738 e. The Morgan fingerprint density at radius 1 is 0.688 bits per heavy atom. The van der Waals surface area contributed by atoms with Gasteiger partial charge in [-0.25, -0.2) is 0 Å². The van der Waals surface area contributed by atoms with Crippen LogP contribution in [0.2, 0.25) is 5.31 Å². The minimum absolute atomic E-state index is 0.0418. The lowest BCUT2D eigenvalue weighted by atomic mass is 9.69. The highest BCUT2D eigenvalue weighted by Gasteiger charge is 2.08. The van der Waals surface area contributed by atoms with Crippen molar-refractivity contribution in [3.63, 3.8) is 0 Å². The van der Waals surface area contributed by atoms with Crippen LogP contribution in [0.15, 0.2) is 0 Å².